The summed E-state index contributed by atoms with van der Waals surface area (Å²) in [5, 5.41) is 15.9. The largest absolute Gasteiger partial charge is 0.423 e. The maximum Gasteiger partial charge on any atom is 0.423 e. The van der Waals surface area contributed by atoms with Gasteiger partial charge >= 0.3 is 18.0 Å². The highest BCUT2D eigenvalue weighted by Crippen LogP contribution is 2.44. The Bertz CT molecular complexity index is 986. The summed E-state index contributed by atoms with van der Waals surface area (Å²) in [4.78, 5) is 37.6. The van der Waals surface area contributed by atoms with E-state index in [1.807, 2.05) is 6.92 Å². The summed E-state index contributed by atoms with van der Waals surface area (Å²) in [6.07, 6.45) is -1.13. The van der Waals surface area contributed by atoms with Crippen molar-refractivity contribution >= 4 is 23.2 Å². The molecule has 0 aliphatic carbocycles. The van der Waals surface area contributed by atoms with Gasteiger partial charge in [0.05, 0.1) is 29.2 Å². The molecule has 0 spiro atoms. The van der Waals surface area contributed by atoms with E-state index in [1.54, 1.807) is 5.01 Å². The van der Waals surface area contributed by atoms with Crippen LogP contribution in [0.1, 0.15) is 51.5 Å². The van der Waals surface area contributed by atoms with E-state index in [-0.39, 0.29) is 24.4 Å². The first-order chi connectivity index (χ1) is 15.6. The predicted molar refractivity (Wildman–Crippen MR) is 116 cm³/mol. The zero-order chi connectivity index (χ0) is 24.4. The molecule has 8 nitrogen and oxygen atoms in total. The first kappa shape index (κ1) is 25.0. The van der Waals surface area contributed by atoms with Crippen molar-refractivity contribution in [3.8, 4) is 0 Å². The molecular weight excluding hydrogens is 441 g/mol. The molecule has 1 aromatic carbocycles. The van der Waals surface area contributed by atoms with E-state index in [2.05, 4.69) is 5.32 Å². The third-order valence-electron chi connectivity index (χ3n) is 6.27. The number of hydrogen-bond donors (Lipinski definition) is 1. The lowest BCUT2D eigenvalue weighted by Crippen LogP contribution is -2.69. The maximum absolute atomic E-state index is 13.8. The molecule has 180 valence electrons. The van der Waals surface area contributed by atoms with Crippen molar-refractivity contribution in [1.82, 2.24) is 14.9 Å². The molecule has 33 heavy (non-hydrogen) atoms. The molecule has 2 aliphatic rings. The van der Waals surface area contributed by atoms with Crippen molar-refractivity contribution in [3.63, 3.8) is 0 Å². The van der Waals surface area contributed by atoms with E-state index in [1.165, 1.54) is 6.92 Å². The fraction of sp³-hybridized carbons (Fsp3) is 0.545. The van der Waals surface area contributed by atoms with Crippen LogP contribution in [0.3, 0.4) is 0 Å². The summed E-state index contributed by atoms with van der Waals surface area (Å²) in [7, 11) is 0. The average Bonchev–Trinajstić information content (AvgIpc) is 2.97. The van der Waals surface area contributed by atoms with Gasteiger partial charge in [-0.2, -0.15) is 13.2 Å². The zero-order valence-electron chi connectivity index (χ0n) is 18.7. The van der Waals surface area contributed by atoms with Crippen LogP contribution in [0.2, 0.25) is 0 Å². The summed E-state index contributed by atoms with van der Waals surface area (Å²) in [6.45, 7) is 5.00. The van der Waals surface area contributed by atoms with Gasteiger partial charge in [0, 0.05) is 31.3 Å². The van der Waals surface area contributed by atoms with Gasteiger partial charge in [-0.1, -0.05) is 30.8 Å². The number of nitro benzene ring substituents is 1. The average molecular weight is 469 g/mol. The minimum Gasteiger partial charge on any atom is -0.314 e. The number of piperazine rings is 1. The summed E-state index contributed by atoms with van der Waals surface area (Å²) in [6, 6.07) is 2.41. The molecule has 2 amide bonds. The second kappa shape index (κ2) is 9.70. The van der Waals surface area contributed by atoms with Crippen LogP contribution in [0.15, 0.2) is 29.3 Å². The molecule has 3 rings (SSSR count). The first-order valence-corrected chi connectivity index (χ1v) is 11.1. The number of carbonyl (C=O) groups is 2. The van der Waals surface area contributed by atoms with Crippen LogP contribution in [-0.2, 0) is 15.8 Å². The van der Waals surface area contributed by atoms with Crippen LogP contribution in [0, 0.1) is 10.1 Å². The normalized spacial score (nSPS) is 22.3. The topological polar surface area (TPSA) is 92.5 Å². The number of alkyl halides is 3. The molecule has 11 heteroatoms. The summed E-state index contributed by atoms with van der Waals surface area (Å²) in [5.41, 5.74) is -2.27. The monoisotopic (exact) mass is 469 g/mol. The van der Waals surface area contributed by atoms with Gasteiger partial charge in [-0.3, -0.25) is 10.1 Å². The van der Waals surface area contributed by atoms with Gasteiger partial charge < -0.3 is 5.32 Å². The van der Waals surface area contributed by atoms with Crippen LogP contribution in [0.5, 0.6) is 0 Å². The highest BCUT2D eigenvalue weighted by atomic mass is 19.4. The van der Waals surface area contributed by atoms with Crippen LogP contribution in [0.25, 0.3) is 0 Å². The lowest BCUT2D eigenvalue weighted by atomic mass is 10.0. The minimum atomic E-state index is -5.02. The Kier molecular flexibility index (Phi) is 7.35. The van der Waals surface area contributed by atoms with E-state index in [9.17, 15) is 32.9 Å². The van der Waals surface area contributed by atoms with E-state index in [0.29, 0.717) is 37.6 Å². The van der Waals surface area contributed by atoms with Gasteiger partial charge in [0.1, 0.15) is 5.56 Å². The first-order valence-electron chi connectivity index (χ1n) is 11.1. The second-order valence-electron chi connectivity index (χ2n) is 8.32. The number of nitrogens with one attached hydrogen (secondary N) is 1. The van der Waals surface area contributed by atoms with Gasteiger partial charge in [-0.05, 0) is 19.8 Å². The van der Waals surface area contributed by atoms with Crippen molar-refractivity contribution in [2.45, 2.75) is 52.1 Å². The minimum absolute atomic E-state index is 0.229. The number of quaternary nitrogens is 1. The number of hydrogen-bond acceptors (Lipinski definition) is 6. The SMILES string of the molecule is CCCCCCC1=C(C)C(=O)[N+](c2ccc([N+](=O)[O-])c(C(F)(F)F)c2)(N2CCNCC2)C1=O. The zero-order valence-corrected chi connectivity index (χ0v) is 18.7. The highest BCUT2D eigenvalue weighted by Gasteiger charge is 2.60. The Hall–Kier alpha value is -2.63. The van der Waals surface area contributed by atoms with Gasteiger partial charge in [0.15, 0.2) is 5.69 Å². The van der Waals surface area contributed by atoms with Crippen molar-refractivity contribution in [2.75, 3.05) is 26.2 Å². The number of carbonyl (C=O) groups excluding carboxylic acids is 2. The molecule has 0 radical (unpaired) electrons. The number of imide groups is 1. The molecule has 1 saturated heterocycles. The van der Waals surface area contributed by atoms with Gasteiger partial charge in [0.2, 0.25) is 0 Å². The van der Waals surface area contributed by atoms with Crippen LogP contribution in [0.4, 0.5) is 24.5 Å². The second-order valence-corrected chi connectivity index (χ2v) is 8.32. The van der Waals surface area contributed by atoms with Crippen molar-refractivity contribution in [3.05, 3.63) is 45.0 Å². The predicted octanol–water partition coefficient (Wildman–Crippen LogP) is 4.09. The lowest BCUT2D eigenvalue weighted by Gasteiger charge is -2.40. The van der Waals surface area contributed by atoms with E-state index < -0.39 is 38.8 Å². The number of rotatable bonds is 8. The van der Waals surface area contributed by atoms with E-state index >= 15 is 0 Å². The third kappa shape index (κ3) is 4.44. The van der Waals surface area contributed by atoms with Crippen molar-refractivity contribution in [1.29, 1.82) is 0 Å². The molecule has 2 heterocycles. The molecule has 0 saturated carbocycles. The number of amides is 2. The van der Waals surface area contributed by atoms with Gasteiger partial charge in [0.25, 0.3) is 5.69 Å². The number of nitro groups is 1. The van der Waals surface area contributed by atoms with Gasteiger partial charge in [-0.25, -0.2) is 9.59 Å². The maximum atomic E-state index is 13.8. The molecule has 1 atom stereocenters. The summed E-state index contributed by atoms with van der Waals surface area (Å²) < 4.78 is 40.1. The molecule has 1 unspecified atom stereocenters. The molecule has 2 aliphatic heterocycles. The Morgan fingerprint density at radius 3 is 2.36 bits per heavy atom. The standard InChI is InChI=1S/C22H28F3N4O4/c1-3-4-5-6-7-17-15(2)20(30)29(21(17)31,27-12-10-26-11-13-27)16-8-9-19(28(32)33)18(14-16)22(23,24)25/h8-9,14,26H,3-7,10-13H2,1-2H3/q+1. The highest BCUT2D eigenvalue weighted by molar-refractivity contribution is 6.27. The number of halogens is 3. The molecule has 0 bridgehead atoms. The number of benzene rings is 1. The molecule has 0 aromatic heterocycles. The Balaban J connectivity index is 2.15. The van der Waals surface area contributed by atoms with Crippen LogP contribution in [-0.4, -0.2) is 47.9 Å². The Morgan fingerprint density at radius 2 is 1.79 bits per heavy atom. The van der Waals surface area contributed by atoms with Crippen LogP contribution >= 0.6 is 0 Å². The van der Waals surface area contributed by atoms with E-state index in [4.69, 9.17) is 0 Å². The summed E-state index contributed by atoms with van der Waals surface area (Å²) in [5.74, 6) is -1.17. The van der Waals surface area contributed by atoms with Crippen molar-refractivity contribution in [2.24, 2.45) is 0 Å². The number of unbranched alkanes of at least 4 members (excludes halogenated alkanes) is 3. The quantitative estimate of drug-likeness (QED) is 0.203. The smallest absolute Gasteiger partial charge is 0.314 e. The lowest BCUT2D eigenvalue weighted by molar-refractivity contribution is -0.388. The third-order valence-corrected chi connectivity index (χ3v) is 6.27. The Labute approximate surface area is 189 Å². The van der Waals surface area contributed by atoms with Crippen molar-refractivity contribution < 1.29 is 27.7 Å². The fourth-order valence-electron chi connectivity index (χ4n) is 4.56. The fourth-order valence-corrected chi connectivity index (χ4v) is 4.56. The van der Waals surface area contributed by atoms with Gasteiger partial charge in [-0.15, -0.1) is 5.01 Å². The number of nitrogens with zero attached hydrogens (tertiary/aromatic N) is 3. The molecule has 1 aromatic rings. The van der Waals surface area contributed by atoms with Crippen LogP contribution < -0.4 is 9.91 Å². The summed E-state index contributed by atoms with van der Waals surface area (Å²) >= 11 is 0. The Morgan fingerprint density at radius 1 is 1.12 bits per heavy atom. The molecular formula is C22H28F3N4O4+. The molecule has 1 N–H and O–H groups in total. The molecule has 1 fully saturated rings. The van der Waals surface area contributed by atoms with E-state index in [0.717, 1.165) is 31.4 Å².